The molecule has 226 valence electrons. The Hall–Kier alpha value is -4.59. The van der Waals surface area contributed by atoms with Crippen LogP contribution in [0.15, 0.2) is 43.1 Å². The van der Waals surface area contributed by atoms with Crippen molar-refractivity contribution in [2.24, 2.45) is 0 Å². The number of imidazole rings is 2. The minimum Gasteiger partial charge on any atom is -0.480 e. The lowest BCUT2D eigenvalue weighted by molar-refractivity contribution is -0.141. The molecule has 1 aliphatic heterocycles. The SMILES string of the molecule is COc1ncnc(C2CC2)c1-c1nc(N(Cc2ccc(-c3nc(C(F)(F)F)cn3C3COC3)cc2)C2CC2)c2[nH]cnc2n1. The van der Waals surface area contributed by atoms with E-state index in [1.165, 1.54) is 6.33 Å². The van der Waals surface area contributed by atoms with E-state index in [1.54, 1.807) is 18.0 Å². The Morgan fingerprint density at radius 2 is 1.82 bits per heavy atom. The first-order chi connectivity index (χ1) is 21.4. The number of benzene rings is 1. The first-order valence-corrected chi connectivity index (χ1v) is 14.6. The van der Waals surface area contributed by atoms with Crippen LogP contribution in [0, 0.1) is 0 Å². The smallest absolute Gasteiger partial charge is 0.434 e. The van der Waals surface area contributed by atoms with E-state index in [2.05, 4.69) is 29.8 Å². The third-order valence-electron chi connectivity index (χ3n) is 8.35. The Labute approximate surface area is 249 Å². The van der Waals surface area contributed by atoms with Crippen LogP contribution in [0.4, 0.5) is 19.0 Å². The lowest BCUT2D eigenvalue weighted by Crippen LogP contribution is -2.30. The predicted octanol–water partition coefficient (Wildman–Crippen LogP) is 5.32. The summed E-state index contributed by atoms with van der Waals surface area (Å²) in [6.45, 7) is 1.26. The first kappa shape index (κ1) is 27.0. The van der Waals surface area contributed by atoms with E-state index in [1.807, 2.05) is 24.3 Å². The number of nitrogens with one attached hydrogen (secondary N) is 1. The number of hydrogen-bond donors (Lipinski definition) is 1. The van der Waals surface area contributed by atoms with Crippen molar-refractivity contribution in [3.05, 3.63) is 60.1 Å². The summed E-state index contributed by atoms with van der Waals surface area (Å²) >= 11 is 0. The Balaban J connectivity index is 1.15. The molecule has 4 aromatic heterocycles. The molecule has 0 unspecified atom stereocenters. The van der Waals surface area contributed by atoms with E-state index in [9.17, 15) is 13.2 Å². The number of nitrogens with zero attached hydrogens (tertiary/aromatic N) is 8. The van der Waals surface area contributed by atoms with Crippen LogP contribution in [-0.2, 0) is 17.5 Å². The lowest BCUT2D eigenvalue weighted by Gasteiger charge is -2.28. The number of aromatic amines is 1. The number of hydrogen-bond acceptors (Lipinski definition) is 9. The maximum Gasteiger partial charge on any atom is 0.434 e. The molecule has 5 aromatic rings. The second kappa shape index (κ2) is 10.3. The summed E-state index contributed by atoms with van der Waals surface area (Å²) in [5.74, 6) is 2.21. The van der Waals surface area contributed by atoms with E-state index in [0.29, 0.717) is 54.2 Å². The van der Waals surface area contributed by atoms with Crippen LogP contribution in [-0.4, -0.2) is 65.8 Å². The average Bonchev–Trinajstić information content (AvgIpc) is 3.92. The van der Waals surface area contributed by atoms with E-state index >= 15 is 0 Å². The van der Waals surface area contributed by atoms with Crippen molar-refractivity contribution >= 4 is 17.0 Å². The number of ether oxygens (including phenoxy) is 2. The van der Waals surface area contributed by atoms with Gasteiger partial charge in [-0.2, -0.15) is 13.2 Å². The molecule has 2 saturated carbocycles. The summed E-state index contributed by atoms with van der Waals surface area (Å²) in [4.78, 5) is 32.6. The number of halogens is 3. The molecule has 14 heteroatoms. The van der Waals surface area contributed by atoms with Gasteiger partial charge in [-0.1, -0.05) is 24.3 Å². The third-order valence-corrected chi connectivity index (χ3v) is 8.35. The van der Waals surface area contributed by atoms with Gasteiger partial charge in [-0.15, -0.1) is 0 Å². The van der Waals surface area contributed by atoms with Crippen molar-refractivity contribution in [2.75, 3.05) is 25.2 Å². The largest absolute Gasteiger partial charge is 0.480 e. The van der Waals surface area contributed by atoms with Gasteiger partial charge >= 0.3 is 6.18 Å². The second-order valence-corrected chi connectivity index (χ2v) is 11.5. The maximum atomic E-state index is 13.5. The first-order valence-electron chi connectivity index (χ1n) is 14.6. The highest BCUT2D eigenvalue weighted by molar-refractivity contribution is 5.86. The number of aromatic nitrogens is 8. The van der Waals surface area contributed by atoms with Crippen molar-refractivity contribution in [3.63, 3.8) is 0 Å². The Kier molecular flexibility index (Phi) is 6.29. The highest BCUT2D eigenvalue weighted by atomic mass is 19.4. The number of rotatable bonds is 9. The Morgan fingerprint density at radius 3 is 2.48 bits per heavy atom. The number of fused-ring (bicyclic) bond motifs is 1. The number of H-pyrrole nitrogens is 1. The maximum absolute atomic E-state index is 13.5. The van der Waals surface area contributed by atoms with Gasteiger partial charge in [-0.25, -0.2) is 29.9 Å². The van der Waals surface area contributed by atoms with Crippen LogP contribution in [0.1, 0.15) is 54.6 Å². The zero-order chi connectivity index (χ0) is 30.0. The van der Waals surface area contributed by atoms with Crippen molar-refractivity contribution in [1.82, 2.24) is 39.5 Å². The van der Waals surface area contributed by atoms with Crippen LogP contribution in [0.25, 0.3) is 33.9 Å². The molecule has 0 spiro atoms. The molecule has 1 saturated heterocycles. The van der Waals surface area contributed by atoms with Gasteiger partial charge in [0, 0.05) is 30.3 Å². The normalized spacial score (nSPS) is 17.2. The third kappa shape index (κ3) is 4.82. The van der Waals surface area contributed by atoms with Gasteiger partial charge in [0.1, 0.15) is 23.2 Å². The molecule has 0 amide bonds. The minimum absolute atomic E-state index is 0.170. The highest BCUT2D eigenvalue weighted by Gasteiger charge is 2.37. The van der Waals surface area contributed by atoms with Crippen LogP contribution in [0.2, 0.25) is 0 Å². The molecule has 0 bridgehead atoms. The zero-order valence-electron chi connectivity index (χ0n) is 23.8. The van der Waals surface area contributed by atoms with Crippen LogP contribution in [0.5, 0.6) is 5.88 Å². The molecule has 8 rings (SSSR count). The topological polar surface area (TPSA) is 120 Å². The van der Waals surface area contributed by atoms with Gasteiger partial charge in [0.2, 0.25) is 5.88 Å². The van der Waals surface area contributed by atoms with Crippen molar-refractivity contribution in [1.29, 1.82) is 0 Å². The molecular weight excluding hydrogens is 575 g/mol. The molecule has 2 aliphatic carbocycles. The molecular formula is C30H28F3N9O2. The van der Waals surface area contributed by atoms with Gasteiger partial charge in [-0.05, 0) is 31.2 Å². The Morgan fingerprint density at radius 1 is 1.02 bits per heavy atom. The summed E-state index contributed by atoms with van der Waals surface area (Å²) in [5.41, 5.74) is 3.52. The molecule has 3 fully saturated rings. The standard InChI is InChI=1S/C30H28F3N9O2/c1-43-29-22(23(17-6-7-17)34-15-37-29)25-39-26-24(35-14-36-26)28(40-25)41(19-8-9-19)10-16-2-4-18(5-3-16)27-38-21(30(31,32)33)11-42(27)20-12-44-13-20/h2-5,11,14-15,17,19-20H,6-10,12-13H2,1H3,(H,35,36,39,40). The molecule has 11 nitrogen and oxygen atoms in total. The average molecular weight is 604 g/mol. The summed E-state index contributed by atoms with van der Waals surface area (Å²) in [5, 5.41) is 0. The summed E-state index contributed by atoms with van der Waals surface area (Å²) in [7, 11) is 1.58. The quantitative estimate of drug-likeness (QED) is 0.239. The molecule has 1 N–H and O–H groups in total. The predicted molar refractivity (Wildman–Crippen MR) is 153 cm³/mol. The number of alkyl halides is 3. The summed E-state index contributed by atoms with van der Waals surface area (Å²) in [6.07, 6.45) is 3.78. The van der Waals surface area contributed by atoms with Gasteiger partial charge in [0.05, 0.1) is 38.4 Å². The summed E-state index contributed by atoms with van der Waals surface area (Å²) < 4.78 is 53.0. The zero-order valence-corrected chi connectivity index (χ0v) is 23.8. The highest BCUT2D eigenvalue weighted by Crippen LogP contribution is 2.46. The van der Waals surface area contributed by atoms with Crippen molar-refractivity contribution in [2.45, 2.75) is 56.4 Å². The van der Waals surface area contributed by atoms with Gasteiger partial charge in [-0.3, -0.25) is 0 Å². The van der Waals surface area contributed by atoms with E-state index in [4.69, 9.17) is 19.4 Å². The molecule has 0 atom stereocenters. The lowest BCUT2D eigenvalue weighted by atomic mass is 10.1. The van der Waals surface area contributed by atoms with E-state index in [-0.39, 0.29) is 17.9 Å². The van der Waals surface area contributed by atoms with Gasteiger partial charge in [0.25, 0.3) is 0 Å². The second-order valence-electron chi connectivity index (χ2n) is 11.5. The van der Waals surface area contributed by atoms with E-state index in [0.717, 1.165) is 54.5 Å². The van der Waals surface area contributed by atoms with Gasteiger partial charge < -0.3 is 23.9 Å². The monoisotopic (exact) mass is 603 g/mol. The van der Waals surface area contributed by atoms with Crippen molar-refractivity contribution < 1.29 is 22.6 Å². The number of anilines is 1. The van der Waals surface area contributed by atoms with Crippen LogP contribution < -0.4 is 9.64 Å². The van der Waals surface area contributed by atoms with Crippen LogP contribution >= 0.6 is 0 Å². The number of methoxy groups -OCH3 is 1. The molecule has 3 aliphatic rings. The Bertz CT molecular complexity index is 1840. The fraction of sp³-hybridized carbons (Fsp3) is 0.400. The minimum atomic E-state index is -4.53. The molecule has 5 heterocycles. The van der Waals surface area contributed by atoms with E-state index < -0.39 is 11.9 Å². The van der Waals surface area contributed by atoms with Crippen molar-refractivity contribution in [3.8, 4) is 28.7 Å². The molecule has 1 aromatic carbocycles. The fourth-order valence-electron chi connectivity index (χ4n) is 5.68. The molecule has 0 radical (unpaired) electrons. The van der Waals surface area contributed by atoms with Gasteiger partial charge in [0.15, 0.2) is 23.0 Å². The molecule has 44 heavy (non-hydrogen) atoms. The van der Waals surface area contributed by atoms with Crippen LogP contribution in [0.3, 0.4) is 0 Å². The summed E-state index contributed by atoms with van der Waals surface area (Å²) in [6, 6.07) is 7.61. The fourth-order valence-corrected chi connectivity index (χ4v) is 5.68.